The normalized spacial score (nSPS) is 24.1. The van der Waals surface area contributed by atoms with Crippen molar-refractivity contribution < 1.29 is 28.9 Å². The highest BCUT2D eigenvalue weighted by atomic mass is 32.2. The molecule has 4 rings (SSSR count). The maximum Gasteiger partial charge on any atom is 0.446 e. The van der Waals surface area contributed by atoms with Crippen molar-refractivity contribution in [3.8, 4) is 11.3 Å². The maximum absolute atomic E-state index is 12.7. The van der Waals surface area contributed by atoms with Gasteiger partial charge in [0.1, 0.15) is 11.9 Å². The fourth-order valence-corrected chi connectivity index (χ4v) is 4.19. The van der Waals surface area contributed by atoms with E-state index in [1.54, 1.807) is 35.0 Å². The van der Waals surface area contributed by atoms with E-state index in [4.69, 9.17) is 0 Å². The van der Waals surface area contributed by atoms with Gasteiger partial charge >= 0.3 is 5.51 Å². The number of nitrogens with one attached hydrogen (secondary N) is 1. The third-order valence-electron chi connectivity index (χ3n) is 5.03. The predicted octanol–water partition coefficient (Wildman–Crippen LogP) is 2.73. The highest BCUT2D eigenvalue weighted by Gasteiger charge is 2.39. The number of nitrogens with zero attached hydrogens (tertiary/aromatic N) is 3. The van der Waals surface area contributed by atoms with Crippen molar-refractivity contribution in [2.45, 2.75) is 42.0 Å². The SMILES string of the molecule is C[C@@H]1C[C@@H](Nc2ccnc3cc(-c4cccc(SC(F)(F)F)c4)nn23)[C@H](O)[C@@H]1O.O. The minimum absolute atomic E-state index is 0. The van der Waals surface area contributed by atoms with Crippen molar-refractivity contribution >= 4 is 23.2 Å². The van der Waals surface area contributed by atoms with Crippen LogP contribution < -0.4 is 5.32 Å². The van der Waals surface area contributed by atoms with Crippen LogP contribution in [0.5, 0.6) is 0 Å². The molecule has 2 aromatic heterocycles. The van der Waals surface area contributed by atoms with Crippen LogP contribution in [-0.2, 0) is 0 Å². The zero-order chi connectivity index (χ0) is 20.8. The second-order valence-electron chi connectivity index (χ2n) is 7.15. The molecule has 162 valence electrons. The Hall–Kier alpha value is -2.34. The highest BCUT2D eigenvalue weighted by Crippen LogP contribution is 2.38. The summed E-state index contributed by atoms with van der Waals surface area (Å²) in [5, 5.41) is 27.9. The lowest BCUT2D eigenvalue weighted by molar-refractivity contribution is -0.0328. The van der Waals surface area contributed by atoms with E-state index >= 15 is 0 Å². The number of alkyl halides is 3. The molecule has 0 bridgehead atoms. The van der Waals surface area contributed by atoms with Gasteiger partial charge in [-0.3, -0.25) is 0 Å². The van der Waals surface area contributed by atoms with Gasteiger partial charge in [0.2, 0.25) is 0 Å². The average molecular weight is 442 g/mol. The molecule has 5 N–H and O–H groups in total. The van der Waals surface area contributed by atoms with Gasteiger partial charge in [0, 0.05) is 22.7 Å². The third-order valence-corrected chi connectivity index (χ3v) is 5.75. The zero-order valence-electron chi connectivity index (χ0n) is 15.8. The lowest BCUT2D eigenvalue weighted by Crippen LogP contribution is -2.35. The van der Waals surface area contributed by atoms with Gasteiger partial charge in [0.15, 0.2) is 5.65 Å². The molecule has 1 aliphatic rings. The summed E-state index contributed by atoms with van der Waals surface area (Å²) >= 11 is -0.173. The molecule has 2 heterocycles. The monoisotopic (exact) mass is 442 g/mol. The van der Waals surface area contributed by atoms with Gasteiger partial charge < -0.3 is 21.0 Å². The number of rotatable bonds is 4. The lowest BCUT2D eigenvalue weighted by Gasteiger charge is -2.19. The van der Waals surface area contributed by atoms with Crippen LogP contribution >= 0.6 is 11.8 Å². The summed E-state index contributed by atoms with van der Waals surface area (Å²) in [6, 6.07) is 9.12. The minimum atomic E-state index is -4.36. The van der Waals surface area contributed by atoms with Crippen LogP contribution in [0.3, 0.4) is 0 Å². The van der Waals surface area contributed by atoms with Crippen LogP contribution in [0.25, 0.3) is 16.9 Å². The smallest absolute Gasteiger partial charge is 0.412 e. The molecule has 30 heavy (non-hydrogen) atoms. The van der Waals surface area contributed by atoms with Crippen LogP contribution in [0, 0.1) is 5.92 Å². The Bertz CT molecular complexity index is 1030. The van der Waals surface area contributed by atoms with Crippen molar-refractivity contribution in [1.29, 1.82) is 0 Å². The van der Waals surface area contributed by atoms with Crippen molar-refractivity contribution in [3.05, 3.63) is 42.6 Å². The molecular formula is C19H21F3N4O3S. The summed E-state index contributed by atoms with van der Waals surface area (Å²) in [5.74, 6) is 0.536. The first-order valence-corrected chi connectivity index (χ1v) is 9.86. The number of halogens is 3. The molecular weight excluding hydrogens is 421 g/mol. The van der Waals surface area contributed by atoms with Crippen molar-refractivity contribution in [2.24, 2.45) is 5.92 Å². The summed E-state index contributed by atoms with van der Waals surface area (Å²) < 4.78 is 39.5. The van der Waals surface area contributed by atoms with Gasteiger partial charge in [0.25, 0.3) is 0 Å². The number of aromatic nitrogens is 3. The number of anilines is 1. The Morgan fingerprint density at radius 3 is 2.60 bits per heavy atom. The van der Waals surface area contributed by atoms with E-state index in [0.29, 0.717) is 29.1 Å². The van der Waals surface area contributed by atoms with Crippen LogP contribution in [-0.4, -0.2) is 54.0 Å². The molecule has 0 saturated heterocycles. The minimum Gasteiger partial charge on any atom is -0.412 e. The molecule has 0 radical (unpaired) electrons. The van der Waals surface area contributed by atoms with Crippen molar-refractivity contribution in [2.75, 3.05) is 5.32 Å². The predicted molar refractivity (Wildman–Crippen MR) is 107 cm³/mol. The van der Waals surface area contributed by atoms with E-state index in [9.17, 15) is 23.4 Å². The number of aliphatic hydroxyl groups excluding tert-OH is 2. The van der Waals surface area contributed by atoms with Crippen LogP contribution in [0.1, 0.15) is 13.3 Å². The highest BCUT2D eigenvalue weighted by molar-refractivity contribution is 8.00. The molecule has 0 aliphatic heterocycles. The third kappa shape index (κ3) is 4.53. The van der Waals surface area contributed by atoms with Crippen LogP contribution in [0.15, 0.2) is 47.5 Å². The zero-order valence-corrected chi connectivity index (χ0v) is 16.7. The second-order valence-corrected chi connectivity index (χ2v) is 8.29. The Morgan fingerprint density at radius 2 is 1.93 bits per heavy atom. The summed E-state index contributed by atoms with van der Waals surface area (Å²) in [6.07, 6.45) is 0.475. The lowest BCUT2D eigenvalue weighted by atomic mass is 10.1. The Labute approximate surface area is 174 Å². The first kappa shape index (κ1) is 22.3. The fourth-order valence-electron chi connectivity index (χ4n) is 3.59. The Kier molecular flexibility index (Phi) is 6.27. The molecule has 0 amide bonds. The van der Waals surface area contributed by atoms with E-state index in [-0.39, 0.29) is 34.1 Å². The van der Waals surface area contributed by atoms with Gasteiger partial charge in [-0.2, -0.15) is 22.8 Å². The second kappa shape index (κ2) is 8.42. The average Bonchev–Trinajstić information content (AvgIpc) is 3.19. The maximum atomic E-state index is 12.7. The topological polar surface area (TPSA) is 114 Å². The van der Waals surface area contributed by atoms with Crippen molar-refractivity contribution in [3.63, 3.8) is 0 Å². The molecule has 1 fully saturated rings. The molecule has 11 heteroatoms. The van der Waals surface area contributed by atoms with E-state index < -0.39 is 17.7 Å². The summed E-state index contributed by atoms with van der Waals surface area (Å²) in [5.41, 5.74) is -2.82. The molecule has 7 nitrogen and oxygen atoms in total. The largest absolute Gasteiger partial charge is 0.446 e. The summed E-state index contributed by atoms with van der Waals surface area (Å²) in [4.78, 5) is 4.34. The van der Waals surface area contributed by atoms with E-state index in [1.165, 1.54) is 12.1 Å². The van der Waals surface area contributed by atoms with Gasteiger partial charge in [-0.05, 0) is 42.3 Å². The van der Waals surface area contributed by atoms with Gasteiger partial charge in [0.05, 0.1) is 17.8 Å². The number of hydrogen-bond donors (Lipinski definition) is 3. The molecule has 4 atom stereocenters. The first-order chi connectivity index (χ1) is 13.7. The molecule has 0 unspecified atom stereocenters. The van der Waals surface area contributed by atoms with Gasteiger partial charge in [-0.15, -0.1) is 0 Å². The standard InChI is InChI=1S/C19H19F3N4O2S.H2O/c1-10-7-14(18(28)17(10)27)24-15-5-6-23-16-9-13(25-26(15)16)11-3-2-4-12(8-11)29-19(20,21)22;/h2-6,8-10,14,17-18,24,27-28H,7H2,1H3;1H2/t10-,14-,17-,18+;/m1./s1. The number of benzene rings is 1. The quantitative estimate of drug-likeness (QED) is 0.536. The van der Waals surface area contributed by atoms with Gasteiger partial charge in [-0.1, -0.05) is 19.1 Å². The molecule has 1 aliphatic carbocycles. The van der Waals surface area contributed by atoms with Gasteiger partial charge in [-0.25, -0.2) is 4.98 Å². The Balaban J connectivity index is 0.00000256. The fraction of sp³-hybridized carbons (Fsp3) is 0.368. The number of aliphatic hydroxyl groups is 2. The number of hydrogen-bond acceptors (Lipinski definition) is 6. The number of fused-ring (bicyclic) bond motifs is 1. The number of thioether (sulfide) groups is 1. The first-order valence-electron chi connectivity index (χ1n) is 9.05. The molecule has 1 aromatic carbocycles. The summed E-state index contributed by atoms with van der Waals surface area (Å²) in [7, 11) is 0. The van der Waals surface area contributed by atoms with Crippen molar-refractivity contribution in [1.82, 2.24) is 14.6 Å². The molecule has 3 aromatic rings. The summed E-state index contributed by atoms with van der Waals surface area (Å²) in [6.45, 7) is 1.87. The van der Waals surface area contributed by atoms with E-state index in [0.717, 1.165) is 0 Å². The van der Waals surface area contributed by atoms with Crippen LogP contribution in [0.2, 0.25) is 0 Å². The molecule has 0 spiro atoms. The van der Waals surface area contributed by atoms with E-state index in [2.05, 4.69) is 15.4 Å². The van der Waals surface area contributed by atoms with E-state index in [1.807, 2.05) is 6.92 Å². The van der Waals surface area contributed by atoms with Crippen LogP contribution in [0.4, 0.5) is 19.0 Å². The Morgan fingerprint density at radius 1 is 1.17 bits per heavy atom. The molecule has 1 saturated carbocycles.